The van der Waals surface area contributed by atoms with Crippen LogP contribution in [0.3, 0.4) is 0 Å². The molecule has 3 heterocycles. The van der Waals surface area contributed by atoms with Crippen LogP contribution in [0.2, 0.25) is 0 Å². The molecule has 1 atom stereocenters. The first kappa shape index (κ1) is 14.4. The molecule has 0 amide bonds. The first-order chi connectivity index (χ1) is 11.3. The van der Waals surface area contributed by atoms with Gasteiger partial charge in [-0.2, -0.15) is 0 Å². The molecule has 1 aromatic carbocycles. The lowest BCUT2D eigenvalue weighted by Crippen LogP contribution is -2.21. The number of rotatable bonds is 4. The predicted molar refractivity (Wildman–Crippen MR) is 92.2 cm³/mol. The van der Waals surface area contributed by atoms with Crippen LogP contribution in [0.5, 0.6) is 5.88 Å². The van der Waals surface area contributed by atoms with Gasteiger partial charge in [-0.3, -0.25) is 4.98 Å². The van der Waals surface area contributed by atoms with Gasteiger partial charge in [-0.05, 0) is 25.0 Å². The zero-order valence-corrected chi connectivity index (χ0v) is 13.8. The van der Waals surface area contributed by atoms with Gasteiger partial charge in [-0.1, -0.05) is 23.5 Å². The highest BCUT2D eigenvalue weighted by Gasteiger charge is 2.25. The van der Waals surface area contributed by atoms with E-state index in [4.69, 9.17) is 9.72 Å². The van der Waals surface area contributed by atoms with E-state index < -0.39 is 0 Å². The standard InChI is InChI=1S/C17H18N4OS/c1-12-3-2-4-14-16(12)20-17(23-14)21-8-5-13(10-21)11-22-15-9-18-6-7-19-15/h2-4,6-7,9,13H,5,8,10-11H2,1H3. The van der Waals surface area contributed by atoms with Crippen molar-refractivity contribution in [3.05, 3.63) is 42.4 Å². The van der Waals surface area contributed by atoms with Gasteiger partial charge >= 0.3 is 0 Å². The van der Waals surface area contributed by atoms with Crippen molar-refractivity contribution in [3.63, 3.8) is 0 Å². The van der Waals surface area contributed by atoms with Gasteiger partial charge in [-0.25, -0.2) is 9.97 Å². The maximum absolute atomic E-state index is 5.73. The Bertz CT molecular complexity index is 805. The van der Waals surface area contributed by atoms with Crippen LogP contribution >= 0.6 is 11.3 Å². The van der Waals surface area contributed by atoms with Crippen LogP contribution in [0, 0.1) is 12.8 Å². The minimum atomic E-state index is 0.505. The van der Waals surface area contributed by atoms with Crippen molar-refractivity contribution >= 4 is 26.7 Å². The lowest BCUT2D eigenvalue weighted by Gasteiger charge is -2.15. The molecule has 1 unspecified atom stereocenters. The number of fused-ring (bicyclic) bond motifs is 1. The molecule has 0 saturated carbocycles. The summed E-state index contributed by atoms with van der Waals surface area (Å²) < 4.78 is 7.00. The third-order valence-corrected chi connectivity index (χ3v) is 5.25. The summed E-state index contributed by atoms with van der Waals surface area (Å²) in [7, 11) is 0. The quantitative estimate of drug-likeness (QED) is 0.736. The molecular formula is C17H18N4OS. The summed E-state index contributed by atoms with van der Waals surface area (Å²) in [6.45, 7) is 4.82. The zero-order chi connectivity index (χ0) is 15.6. The van der Waals surface area contributed by atoms with Gasteiger partial charge in [-0.15, -0.1) is 0 Å². The molecular weight excluding hydrogens is 308 g/mol. The molecule has 1 fully saturated rings. The van der Waals surface area contributed by atoms with E-state index in [1.807, 2.05) is 0 Å². The lowest BCUT2D eigenvalue weighted by atomic mass is 10.1. The van der Waals surface area contributed by atoms with Crippen molar-refractivity contribution in [1.29, 1.82) is 0 Å². The molecule has 0 N–H and O–H groups in total. The largest absolute Gasteiger partial charge is 0.476 e. The number of hydrogen-bond donors (Lipinski definition) is 0. The number of thiazole rings is 1. The van der Waals surface area contributed by atoms with Gasteiger partial charge in [0.1, 0.15) is 0 Å². The molecule has 5 nitrogen and oxygen atoms in total. The number of aromatic nitrogens is 3. The van der Waals surface area contributed by atoms with E-state index in [9.17, 15) is 0 Å². The average Bonchev–Trinajstić information content (AvgIpc) is 3.21. The average molecular weight is 326 g/mol. The number of anilines is 1. The van der Waals surface area contributed by atoms with Crippen LogP contribution in [0.1, 0.15) is 12.0 Å². The molecule has 0 aliphatic carbocycles. The normalized spacial score (nSPS) is 17.8. The highest BCUT2D eigenvalue weighted by Crippen LogP contribution is 2.33. The van der Waals surface area contributed by atoms with E-state index in [1.54, 1.807) is 29.9 Å². The Kier molecular flexibility index (Phi) is 3.83. The third-order valence-electron chi connectivity index (χ3n) is 4.17. The Morgan fingerprint density at radius 1 is 1.35 bits per heavy atom. The monoisotopic (exact) mass is 326 g/mol. The number of aryl methyl sites for hydroxylation is 1. The smallest absolute Gasteiger partial charge is 0.232 e. The van der Waals surface area contributed by atoms with Gasteiger partial charge in [0.2, 0.25) is 5.88 Å². The first-order valence-corrected chi connectivity index (χ1v) is 8.61. The summed E-state index contributed by atoms with van der Waals surface area (Å²) in [4.78, 5) is 15.4. The molecule has 1 saturated heterocycles. The van der Waals surface area contributed by atoms with E-state index >= 15 is 0 Å². The third kappa shape index (κ3) is 2.99. The number of benzene rings is 1. The maximum atomic E-state index is 5.73. The van der Waals surface area contributed by atoms with E-state index in [0.29, 0.717) is 18.4 Å². The van der Waals surface area contributed by atoms with Crippen LogP contribution in [-0.2, 0) is 0 Å². The number of para-hydroxylation sites is 1. The molecule has 0 spiro atoms. The second kappa shape index (κ2) is 6.12. The Labute approximate surface area is 139 Å². The number of nitrogens with zero attached hydrogens (tertiary/aromatic N) is 4. The van der Waals surface area contributed by atoms with Crippen LogP contribution in [0.25, 0.3) is 10.2 Å². The Hall–Kier alpha value is -2.21. The molecule has 118 valence electrons. The molecule has 6 heteroatoms. The van der Waals surface area contributed by atoms with Crippen LogP contribution < -0.4 is 9.64 Å². The van der Waals surface area contributed by atoms with E-state index in [2.05, 4.69) is 40.0 Å². The molecule has 23 heavy (non-hydrogen) atoms. The van der Waals surface area contributed by atoms with Crippen LogP contribution in [0.4, 0.5) is 5.13 Å². The Morgan fingerprint density at radius 2 is 2.30 bits per heavy atom. The van der Waals surface area contributed by atoms with Crippen LogP contribution in [-0.4, -0.2) is 34.6 Å². The molecule has 0 bridgehead atoms. The fourth-order valence-corrected chi connectivity index (χ4v) is 3.99. The molecule has 4 rings (SSSR count). The minimum Gasteiger partial charge on any atom is -0.476 e. The number of hydrogen-bond acceptors (Lipinski definition) is 6. The van der Waals surface area contributed by atoms with Crippen molar-refractivity contribution in [3.8, 4) is 5.88 Å². The second-order valence-electron chi connectivity index (χ2n) is 5.87. The maximum Gasteiger partial charge on any atom is 0.232 e. The summed E-state index contributed by atoms with van der Waals surface area (Å²) >= 11 is 1.78. The van der Waals surface area contributed by atoms with Gasteiger partial charge in [0.15, 0.2) is 5.13 Å². The van der Waals surface area contributed by atoms with Gasteiger partial charge in [0.25, 0.3) is 0 Å². The summed E-state index contributed by atoms with van der Waals surface area (Å²) in [5.74, 6) is 1.10. The van der Waals surface area contributed by atoms with Crippen molar-refractivity contribution in [1.82, 2.24) is 15.0 Å². The van der Waals surface area contributed by atoms with Crippen molar-refractivity contribution in [2.75, 3.05) is 24.6 Å². The topological polar surface area (TPSA) is 51.1 Å². The van der Waals surface area contributed by atoms with E-state index in [0.717, 1.165) is 30.2 Å². The highest BCUT2D eigenvalue weighted by atomic mass is 32.1. The first-order valence-electron chi connectivity index (χ1n) is 7.79. The zero-order valence-electron chi connectivity index (χ0n) is 13.0. The summed E-state index contributed by atoms with van der Waals surface area (Å²) in [6.07, 6.45) is 6.08. The fourth-order valence-electron chi connectivity index (χ4n) is 2.92. The predicted octanol–water partition coefficient (Wildman–Crippen LogP) is 3.30. The molecule has 1 aliphatic heterocycles. The Morgan fingerprint density at radius 3 is 3.13 bits per heavy atom. The number of ether oxygens (including phenoxy) is 1. The molecule has 3 aromatic rings. The van der Waals surface area contributed by atoms with Gasteiger partial charge in [0, 0.05) is 31.4 Å². The van der Waals surface area contributed by atoms with E-state index in [1.165, 1.54) is 10.3 Å². The SMILES string of the molecule is Cc1cccc2sc(N3CCC(COc4cnccn4)C3)nc12. The van der Waals surface area contributed by atoms with Gasteiger partial charge in [0.05, 0.1) is 23.0 Å². The molecule has 2 aromatic heterocycles. The summed E-state index contributed by atoms with van der Waals surface area (Å²) in [6, 6.07) is 6.36. The molecule has 0 radical (unpaired) electrons. The highest BCUT2D eigenvalue weighted by molar-refractivity contribution is 7.22. The van der Waals surface area contributed by atoms with Crippen molar-refractivity contribution in [2.45, 2.75) is 13.3 Å². The Balaban J connectivity index is 1.42. The minimum absolute atomic E-state index is 0.505. The molecule has 1 aliphatic rings. The fraction of sp³-hybridized carbons (Fsp3) is 0.353. The lowest BCUT2D eigenvalue weighted by molar-refractivity contribution is 0.251. The van der Waals surface area contributed by atoms with Crippen molar-refractivity contribution in [2.24, 2.45) is 5.92 Å². The van der Waals surface area contributed by atoms with Crippen LogP contribution in [0.15, 0.2) is 36.8 Å². The van der Waals surface area contributed by atoms with E-state index in [-0.39, 0.29) is 0 Å². The second-order valence-corrected chi connectivity index (χ2v) is 6.88. The summed E-state index contributed by atoms with van der Waals surface area (Å²) in [5.41, 5.74) is 2.37. The summed E-state index contributed by atoms with van der Waals surface area (Å²) in [5, 5.41) is 1.12. The van der Waals surface area contributed by atoms with Gasteiger partial charge < -0.3 is 9.64 Å². The van der Waals surface area contributed by atoms with Crippen molar-refractivity contribution < 1.29 is 4.74 Å².